The van der Waals surface area contributed by atoms with Crippen LogP contribution in [0.5, 0.6) is 0 Å². The molecule has 2 aliphatic carbocycles. The first-order chi connectivity index (χ1) is 8.58. The Labute approximate surface area is 111 Å². The predicted molar refractivity (Wildman–Crippen MR) is 74.0 cm³/mol. The summed E-state index contributed by atoms with van der Waals surface area (Å²) < 4.78 is 0. The van der Waals surface area contributed by atoms with Crippen molar-refractivity contribution in [3.63, 3.8) is 0 Å². The van der Waals surface area contributed by atoms with Gasteiger partial charge in [-0.05, 0) is 50.9 Å². The molecule has 4 atom stereocenters. The molecule has 0 spiro atoms. The van der Waals surface area contributed by atoms with Crippen LogP contribution < -0.4 is 11.1 Å². The number of nitrogens with one attached hydrogen (secondary N) is 1. The lowest BCUT2D eigenvalue weighted by atomic mass is 9.78. The quantitative estimate of drug-likeness (QED) is 0.810. The van der Waals surface area contributed by atoms with Crippen LogP contribution >= 0.6 is 0 Å². The molecular weight excluding hydrogens is 224 g/mol. The van der Waals surface area contributed by atoms with Gasteiger partial charge in [-0.2, -0.15) is 0 Å². The highest BCUT2D eigenvalue weighted by Crippen LogP contribution is 2.30. The lowest BCUT2D eigenvalue weighted by Gasteiger charge is -2.33. The van der Waals surface area contributed by atoms with Crippen molar-refractivity contribution in [2.75, 3.05) is 0 Å². The van der Waals surface area contributed by atoms with E-state index < -0.39 is 0 Å². The Morgan fingerprint density at radius 1 is 1.22 bits per heavy atom. The number of carbonyl (C=O) groups is 1. The van der Waals surface area contributed by atoms with Gasteiger partial charge in [-0.25, -0.2) is 0 Å². The number of rotatable bonds is 3. The van der Waals surface area contributed by atoms with Crippen molar-refractivity contribution < 1.29 is 4.79 Å². The maximum atomic E-state index is 12.3. The summed E-state index contributed by atoms with van der Waals surface area (Å²) >= 11 is 0. The number of carbonyl (C=O) groups excluding carboxylic acids is 1. The van der Waals surface area contributed by atoms with E-state index in [9.17, 15) is 4.79 Å². The highest BCUT2D eigenvalue weighted by atomic mass is 16.2. The SMILES string of the molecule is CC1CCC(N)C(C(=O)NC(C)C2CCCC2)C1. The van der Waals surface area contributed by atoms with Gasteiger partial charge in [0.1, 0.15) is 0 Å². The zero-order valence-electron chi connectivity index (χ0n) is 11.8. The van der Waals surface area contributed by atoms with E-state index in [1.807, 2.05) is 0 Å². The van der Waals surface area contributed by atoms with E-state index in [0.29, 0.717) is 17.9 Å². The fourth-order valence-corrected chi connectivity index (χ4v) is 3.61. The van der Waals surface area contributed by atoms with Gasteiger partial charge in [0.05, 0.1) is 5.92 Å². The highest BCUT2D eigenvalue weighted by molar-refractivity contribution is 5.79. The third-order valence-electron chi connectivity index (χ3n) is 4.98. The van der Waals surface area contributed by atoms with Gasteiger partial charge < -0.3 is 11.1 Å². The van der Waals surface area contributed by atoms with Gasteiger partial charge in [0, 0.05) is 12.1 Å². The molecule has 0 saturated heterocycles. The summed E-state index contributed by atoms with van der Waals surface area (Å²) in [6.07, 6.45) is 8.32. The van der Waals surface area contributed by atoms with Crippen molar-refractivity contribution in [1.82, 2.24) is 5.32 Å². The van der Waals surface area contributed by atoms with Crippen LogP contribution in [0.25, 0.3) is 0 Å². The Morgan fingerprint density at radius 3 is 2.56 bits per heavy atom. The first-order valence-corrected chi connectivity index (χ1v) is 7.64. The standard InChI is InChI=1S/C15H28N2O/c1-10-7-8-14(16)13(9-10)15(18)17-11(2)12-5-3-4-6-12/h10-14H,3-9,16H2,1-2H3,(H,17,18). The topological polar surface area (TPSA) is 55.1 Å². The Kier molecular flexibility index (Phi) is 4.66. The molecule has 2 fully saturated rings. The molecule has 3 heteroatoms. The van der Waals surface area contributed by atoms with E-state index in [1.54, 1.807) is 0 Å². The first kappa shape index (κ1) is 13.9. The van der Waals surface area contributed by atoms with E-state index >= 15 is 0 Å². The van der Waals surface area contributed by atoms with Gasteiger partial charge in [0.25, 0.3) is 0 Å². The van der Waals surface area contributed by atoms with Crippen molar-refractivity contribution in [3.8, 4) is 0 Å². The van der Waals surface area contributed by atoms with Crippen LogP contribution in [-0.2, 0) is 4.79 Å². The maximum absolute atomic E-state index is 12.3. The van der Waals surface area contributed by atoms with Crippen LogP contribution in [0.3, 0.4) is 0 Å². The number of hydrogen-bond donors (Lipinski definition) is 2. The average molecular weight is 252 g/mol. The first-order valence-electron chi connectivity index (χ1n) is 7.64. The molecule has 0 aromatic rings. The van der Waals surface area contributed by atoms with E-state index in [2.05, 4.69) is 19.2 Å². The summed E-state index contributed by atoms with van der Waals surface area (Å²) in [5, 5.41) is 3.22. The van der Waals surface area contributed by atoms with Gasteiger partial charge >= 0.3 is 0 Å². The van der Waals surface area contributed by atoms with Gasteiger partial charge in [-0.1, -0.05) is 19.8 Å². The monoisotopic (exact) mass is 252 g/mol. The summed E-state index contributed by atoms with van der Waals surface area (Å²) in [5.41, 5.74) is 6.11. The maximum Gasteiger partial charge on any atom is 0.224 e. The fraction of sp³-hybridized carbons (Fsp3) is 0.933. The Morgan fingerprint density at radius 2 is 1.89 bits per heavy atom. The van der Waals surface area contributed by atoms with Crippen LogP contribution in [0.4, 0.5) is 0 Å². The van der Waals surface area contributed by atoms with Gasteiger partial charge in [0.2, 0.25) is 5.91 Å². The minimum absolute atomic E-state index is 0.0394. The van der Waals surface area contributed by atoms with Crippen molar-refractivity contribution >= 4 is 5.91 Å². The number of hydrogen-bond acceptors (Lipinski definition) is 2. The van der Waals surface area contributed by atoms with Gasteiger partial charge in [0.15, 0.2) is 0 Å². The zero-order valence-corrected chi connectivity index (χ0v) is 11.8. The second kappa shape index (κ2) is 6.05. The Hall–Kier alpha value is -0.570. The molecule has 0 aromatic carbocycles. The molecule has 4 unspecified atom stereocenters. The van der Waals surface area contributed by atoms with Crippen LogP contribution in [0.1, 0.15) is 58.8 Å². The molecule has 3 N–H and O–H groups in total. The minimum Gasteiger partial charge on any atom is -0.353 e. The summed E-state index contributed by atoms with van der Waals surface area (Å²) in [6.45, 7) is 4.39. The summed E-state index contributed by atoms with van der Waals surface area (Å²) in [7, 11) is 0. The van der Waals surface area contributed by atoms with Crippen molar-refractivity contribution in [1.29, 1.82) is 0 Å². The molecule has 0 bridgehead atoms. The summed E-state index contributed by atoms with van der Waals surface area (Å²) in [6, 6.07) is 0.390. The molecule has 0 radical (unpaired) electrons. The molecule has 2 saturated carbocycles. The van der Waals surface area contributed by atoms with E-state index in [4.69, 9.17) is 5.73 Å². The molecule has 2 aliphatic rings. The van der Waals surface area contributed by atoms with Crippen LogP contribution in [0, 0.1) is 17.8 Å². The number of amides is 1. The van der Waals surface area contributed by atoms with E-state index in [-0.39, 0.29) is 17.9 Å². The molecule has 3 nitrogen and oxygen atoms in total. The van der Waals surface area contributed by atoms with Crippen molar-refractivity contribution in [2.24, 2.45) is 23.5 Å². The average Bonchev–Trinajstić information content (AvgIpc) is 2.85. The van der Waals surface area contributed by atoms with Crippen LogP contribution in [-0.4, -0.2) is 18.0 Å². The molecule has 0 aromatic heterocycles. The molecule has 0 aliphatic heterocycles. The van der Waals surface area contributed by atoms with Crippen molar-refractivity contribution in [3.05, 3.63) is 0 Å². The third-order valence-corrected chi connectivity index (χ3v) is 4.98. The molecular formula is C15H28N2O. The van der Waals surface area contributed by atoms with E-state index in [0.717, 1.165) is 12.8 Å². The predicted octanol–water partition coefficient (Wildman–Crippen LogP) is 2.44. The largest absolute Gasteiger partial charge is 0.353 e. The zero-order chi connectivity index (χ0) is 13.1. The third kappa shape index (κ3) is 3.25. The summed E-state index contributed by atoms with van der Waals surface area (Å²) in [4.78, 5) is 12.3. The molecule has 104 valence electrons. The van der Waals surface area contributed by atoms with Gasteiger partial charge in [-0.3, -0.25) is 4.79 Å². The molecule has 0 heterocycles. The van der Waals surface area contributed by atoms with Crippen LogP contribution in [0.15, 0.2) is 0 Å². The second-order valence-electron chi connectivity index (χ2n) is 6.53. The Bertz CT molecular complexity index is 286. The van der Waals surface area contributed by atoms with Crippen molar-refractivity contribution in [2.45, 2.75) is 70.9 Å². The highest BCUT2D eigenvalue weighted by Gasteiger charge is 2.33. The normalized spacial score (nSPS) is 35.4. The van der Waals surface area contributed by atoms with Gasteiger partial charge in [-0.15, -0.1) is 0 Å². The fourth-order valence-electron chi connectivity index (χ4n) is 3.61. The van der Waals surface area contributed by atoms with E-state index in [1.165, 1.54) is 32.1 Å². The second-order valence-corrected chi connectivity index (χ2v) is 6.53. The minimum atomic E-state index is 0.0394. The lowest BCUT2D eigenvalue weighted by Crippen LogP contribution is -2.48. The van der Waals surface area contributed by atoms with Crippen LogP contribution in [0.2, 0.25) is 0 Å². The number of nitrogens with two attached hydrogens (primary N) is 1. The smallest absolute Gasteiger partial charge is 0.224 e. The molecule has 18 heavy (non-hydrogen) atoms. The molecule has 2 rings (SSSR count). The Balaban J connectivity index is 1.85. The molecule has 1 amide bonds. The summed E-state index contributed by atoms with van der Waals surface area (Å²) in [5.74, 6) is 1.57. The lowest BCUT2D eigenvalue weighted by molar-refractivity contribution is -0.127.